The lowest BCUT2D eigenvalue weighted by atomic mass is 10.2. The summed E-state index contributed by atoms with van der Waals surface area (Å²) < 4.78 is 4.46. The molecule has 0 saturated heterocycles. The van der Waals surface area contributed by atoms with Gasteiger partial charge in [-0.05, 0) is 6.07 Å². The molecular formula is C7H8N2O3. The Kier molecular flexibility index (Phi) is 2.60. The van der Waals surface area contributed by atoms with Crippen molar-refractivity contribution in [3.8, 4) is 0 Å². The maximum Gasteiger partial charge on any atom is 0.340 e. The van der Waals surface area contributed by atoms with Crippen molar-refractivity contribution in [1.29, 1.82) is 0 Å². The zero-order chi connectivity index (χ0) is 8.97. The Morgan fingerprint density at radius 3 is 3.08 bits per heavy atom. The first-order valence-electron chi connectivity index (χ1n) is 3.22. The second kappa shape index (κ2) is 3.68. The summed E-state index contributed by atoms with van der Waals surface area (Å²) in [6.07, 6.45) is 2.76. The van der Waals surface area contributed by atoms with Gasteiger partial charge in [0.25, 0.3) is 0 Å². The molecule has 1 aromatic heterocycles. The van der Waals surface area contributed by atoms with Gasteiger partial charge in [0, 0.05) is 6.20 Å². The second-order valence-electron chi connectivity index (χ2n) is 2.02. The second-order valence-corrected chi connectivity index (χ2v) is 2.02. The Labute approximate surface area is 69.0 Å². The van der Waals surface area contributed by atoms with E-state index >= 15 is 0 Å². The van der Waals surface area contributed by atoms with Gasteiger partial charge in [-0.1, -0.05) is 0 Å². The van der Waals surface area contributed by atoms with E-state index in [1.165, 1.54) is 25.6 Å². The van der Waals surface area contributed by atoms with E-state index in [2.05, 4.69) is 9.72 Å². The van der Waals surface area contributed by atoms with E-state index in [4.69, 9.17) is 5.21 Å². The Balaban J connectivity index is 3.04. The average molecular weight is 168 g/mol. The van der Waals surface area contributed by atoms with Crippen molar-refractivity contribution in [2.24, 2.45) is 0 Å². The van der Waals surface area contributed by atoms with E-state index in [0.29, 0.717) is 0 Å². The number of carbonyl (C=O) groups is 1. The molecule has 5 nitrogen and oxygen atoms in total. The van der Waals surface area contributed by atoms with Gasteiger partial charge < -0.3 is 4.74 Å². The van der Waals surface area contributed by atoms with Gasteiger partial charge >= 0.3 is 5.97 Å². The first kappa shape index (κ1) is 8.48. The molecule has 0 fully saturated rings. The summed E-state index contributed by atoms with van der Waals surface area (Å²) in [5, 5.41) is 8.57. The highest BCUT2D eigenvalue weighted by Gasteiger charge is 2.09. The van der Waals surface area contributed by atoms with Crippen LogP contribution >= 0.6 is 0 Å². The highest BCUT2D eigenvalue weighted by Crippen LogP contribution is 2.12. The van der Waals surface area contributed by atoms with Crippen LogP contribution < -0.4 is 5.48 Å². The van der Waals surface area contributed by atoms with Crippen molar-refractivity contribution in [1.82, 2.24) is 4.98 Å². The lowest BCUT2D eigenvalue weighted by molar-refractivity contribution is 0.0601. The van der Waals surface area contributed by atoms with Gasteiger partial charge in [0.05, 0.1) is 24.6 Å². The van der Waals surface area contributed by atoms with E-state index in [1.54, 1.807) is 0 Å². The van der Waals surface area contributed by atoms with Gasteiger partial charge in [-0.3, -0.25) is 15.7 Å². The first-order chi connectivity index (χ1) is 5.79. The number of ether oxygens (including phenoxy) is 1. The van der Waals surface area contributed by atoms with Crippen molar-refractivity contribution >= 4 is 11.7 Å². The van der Waals surface area contributed by atoms with Crippen molar-refractivity contribution in [2.75, 3.05) is 12.6 Å². The van der Waals surface area contributed by atoms with Crippen LogP contribution in [0.5, 0.6) is 0 Å². The predicted molar refractivity (Wildman–Crippen MR) is 41.0 cm³/mol. The quantitative estimate of drug-likeness (QED) is 0.501. The van der Waals surface area contributed by atoms with Crippen LogP contribution in [0, 0.1) is 0 Å². The fourth-order valence-corrected chi connectivity index (χ4v) is 0.772. The van der Waals surface area contributed by atoms with E-state index < -0.39 is 5.97 Å². The number of pyridine rings is 1. The number of esters is 1. The lowest BCUT2D eigenvalue weighted by Crippen LogP contribution is -2.05. The molecule has 0 radical (unpaired) electrons. The molecule has 0 aromatic carbocycles. The molecule has 0 bridgehead atoms. The molecule has 64 valence electrons. The maximum absolute atomic E-state index is 11.0. The predicted octanol–water partition coefficient (Wildman–Crippen LogP) is 0.669. The molecule has 0 spiro atoms. The van der Waals surface area contributed by atoms with Crippen LogP contribution in [0.4, 0.5) is 5.69 Å². The third kappa shape index (κ3) is 1.51. The van der Waals surface area contributed by atoms with Gasteiger partial charge in [-0.2, -0.15) is 0 Å². The molecule has 0 aliphatic carbocycles. The summed E-state index contributed by atoms with van der Waals surface area (Å²) >= 11 is 0. The Morgan fingerprint density at radius 1 is 1.75 bits per heavy atom. The molecule has 0 aliphatic rings. The number of methoxy groups -OCH3 is 1. The highest BCUT2D eigenvalue weighted by atomic mass is 16.5. The van der Waals surface area contributed by atoms with Crippen LogP contribution in [0.2, 0.25) is 0 Å². The van der Waals surface area contributed by atoms with Crippen molar-refractivity contribution in [3.63, 3.8) is 0 Å². The number of nitrogens with zero attached hydrogens (tertiary/aromatic N) is 1. The molecule has 12 heavy (non-hydrogen) atoms. The van der Waals surface area contributed by atoms with E-state index in [-0.39, 0.29) is 11.3 Å². The number of anilines is 1. The summed E-state index contributed by atoms with van der Waals surface area (Å²) in [7, 11) is 1.27. The standard InChI is InChI=1S/C7H8N2O3/c1-12-7(10)5-2-3-8-4-6(5)9-11/h2-4,9,11H,1H3. The SMILES string of the molecule is COC(=O)c1ccncc1NO. The van der Waals surface area contributed by atoms with Crippen LogP contribution in [0.1, 0.15) is 10.4 Å². The smallest absolute Gasteiger partial charge is 0.340 e. The molecule has 0 amide bonds. The molecular weight excluding hydrogens is 160 g/mol. The highest BCUT2D eigenvalue weighted by molar-refractivity contribution is 5.94. The van der Waals surface area contributed by atoms with Gasteiger partial charge in [-0.15, -0.1) is 0 Å². The number of aromatic nitrogens is 1. The largest absolute Gasteiger partial charge is 0.465 e. The number of hydrogen-bond donors (Lipinski definition) is 2. The zero-order valence-corrected chi connectivity index (χ0v) is 6.44. The van der Waals surface area contributed by atoms with E-state index in [1.807, 2.05) is 5.48 Å². The Bertz CT molecular complexity index is 288. The van der Waals surface area contributed by atoms with Gasteiger partial charge in [-0.25, -0.2) is 4.79 Å². The van der Waals surface area contributed by atoms with Crippen LogP contribution in [0.15, 0.2) is 18.5 Å². The number of hydrogen-bond acceptors (Lipinski definition) is 5. The number of nitrogens with one attached hydrogen (secondary N) is 1. The van der Waals surface area contributed by atoms with Crippen molar-refractivity contribution in [2.45, 2.75) is 0 Å². The van der Waals surface area contributed by atoms with Gasteiger partial charge in [0.2, 0.25) is 0 Å². The number of rotatable bonds is 2. The van der Waals surface area contributed by atoms with Gasteiger partial charge in [0.1, 0.15) is 0 Å². The zero-order valence-electron chi connectivity index (χ0n) is 6.44. The van der Waals surface area contributed by atoms with Crippen LogP contribution in [-0.2, 0) is 4.74 Å². The van der Waals surface area contributed by atoms with Gasteiger partial charge in [0.15, 0.2) is 0 Å². The summed E-state index contributed by atoms with van der Waals surface area (Å²) in [4.78, 5) is 14.7. The minimum atomic E-state index is -0.519. The number of carbonyl (C=O) groups excluding carboxylic acids is 1. The summed E-state index contributed by atoms with van der Waals surface area (Å²) in [6.45, 7) is 0. The van der Waals surface area contributed by atoms with Crippen LogP contribution in [0.25, 0.3) is 0 Å². The molecule has 1 rings (SSSR count). The van der Waals surface area contributed by atoms with E-state index in [0.717, 1.165) is 0 Å². The van der Waals surface area contributed by atoms with E-state index in [9.17, 15) is 4.79 Å². The molecule has 0 atom stereocenters. The topological polar surface area (TPSA) is 71.5 Å². The minimum Gasteiger partial charge on any atom is -0.465 e. The lowest BCUT2D eigenvalue weighted by Gasteiger charge is -2.03. The first-order valence-corrected chi connectivity index (χ1v) is 3.22. The van der Waals surface area contributed by atoms with Crippen molar-refractivity contribution in [3.05, 3.63) is 24.0 Å². The Hall–Kier alpha value is -1.62. The molecule has 0 saturated carbocycles. The molecule has 0 unspecified atom stereocenters. The van der Waals surface area contributed by atoms with Crippen LogP contribution in [0.3, 0.4) is 0 Å². The summed E-state index contributed by atoms with van der Waals surface area (Å²) in [5.41, 5.74) is 2.32. The summed E-state index contributed by atoms with van der Waals surface area (Å²) in [5.74, 6) is -0.519. The fourth-order valence-electron chi connectivity index (χ4n) is 0.772. The maximum atomic E-state index is 11.0. The molecule has 1 heterocycles. The third-order valence-corrected chi connectivity index (χ3v) is 1.35. The average Bonchev–Trinajstić information content (AvgIpc) is 2.16. The molecule has 1 aromatic rings. The molecule has 0 aliphatic heterocycles. The monoisotopic (exact) mass is 168 g/mol. The normalized spacial score (nSPS) is 9.17. The molecule has 2 N–H and O–H groups in total. The summed E-state index contributed by atoms with van der Waals surface area (Å²) in [6, 6.07) is 1.45. The Morgan fingerprint density at radius 2 is 2.50 bits per heavy atom. The molecule has 5 heteroatoms. The third-order valence-electron chi connectivity index (χ3n) is 1.35. The fraction of sp³-hybridized carbons (Fsp3) is 0.143. The van der Waals surface area contributed by atoms with Crippen LogP contribution in [-0.4, -0.2) is 23.3 Å². The van der Waals surface area contributed by atoms with Crippen molar-refractivity contribution < 1.29 is 14.7 Å². The minimum absolute atomic E-state index is 0.226.